The molecular formula is C24H23N3O3. The van der Waals surface area contributed by atoms with Crippen molar-refractivity contribution in [3.8, 4) is 5.75 Å². The molecule has 0 aliphatic carbocycles. The third-order valence-corrected chi connectivity index (χ3v) is 4.28. The molecule has 0 heterocycles. The maximum atomic E-state index is 11.9. The Hall–Kier alpha value is -3.93. The van der Waals surface area contributed by atoms with Crippen LogP contribution in [0.2, 0.25) is 0 Å². The van der Waals surface area contributed by atoms with E-state index >= 15 is 0 Å². The van der Waals surface area contributed by atoms with Crippen LogP contribution in [0.1, 0.15) is 22.3 Å². The van der Waals surface area contributed by atoms with Crippen LogP contribution in [0, 0.1) is 13.8 Å². The summed E-state index contributed by atoms with van der Waals surface area (Å²) in [7, 11) is 0. The number of hydrogen-bond donors (Lipinski definition) is 2. The molecule has 0 saturated carbocycles. The van der Waals surface area contributed by atoms with Gasteiger partial charge in [0.05, 0.1) is 6.21 Å². The van der Waals surface area contributed by atoms with Crippen LogP contribution in [0.3, 0.4) is 0 Å². The van der Waals surface area contributed by atoms with E-state index in [1.54, 1.807) is 18.2 Å². The minimum absolute atomic E-state index is 0.455. The van der Waals surface area contributed by atoms with E-state index in [4.69, 9.17) is 4.74 Å². The number of aryl methyl sites for hydroxylation is 2. The van der Waals surface area contributed by atoms with Crippen molar-refractivity contribution in [2.24, 2.45) is 5.10 Å². The Bertz CT molecular complexity index is 1040. The number of carbonyl (C=O) groups is 2. The first-order valence-corrected chi connectivity index (χ1v) is 9.49. The van der Waals surface area contributed by atoms with Crippen molar-refractivity contribution in [2.45, 2.75) is 20.5 Å². The van der Waals surface area contributed by atoms with Crippen LogP contribution in [0.4, 0.5) is 5.69 Å². The summed E-state index contributed by atoms with van der Waals surface area (Å²) in [5.41, 5.74) is 6.84. The molecule has 2 amide bonds. The fourth-order valence-corrected chi connectivity index (χ4v) is 2.58. The number of nitrogens with one attached hydrogen (secondary N) is 2. The van der Waals surface area contributed by atoms with Crippen molar-refractivity contribution in [3.05, 3.63) is 95.1 Å². The van der Waals surface area contributed by atoms with Crippen molar-refractivity contribution in [3.63, 3.8) is 0 Å². The number of ether oxygens (including phenoxy) is 1. The molecule has 0 fully saturated rings. The highest BCUT2D eigenvalue weighted by Crippen LogP contribution is 2.14. The van der Waals surface area contributed by atoms with Crippen LogP contribution < -0.4 is 15.5 Å². The lowest BCUT2D eigenvalue weighted by atomic mass is 10.2. The highest BCUT2D eigenvalue weighted by atomic mass is 16.5. The van der Waals surface area contributed by atoms with E-state index in [1.807, 2.05) is 68.4 Å². The van der Waals surface area contributed by atoms with Gasteiger partial charge >= 0.3 is 11.8 Å². The number of rotatable bonds is 6. The van der Waals surface area contributed by atoms with Gasteiger partial charge in [-0.15, -0.1) is 0 Å². The monoisotopic (exact) mass is 401 g/mol. The molecule has 3 aromatic carbocycles. The molecule has 0 unspecified atom stereocenters. The normalized spacial score (nSPS) is 10.6. The van der Waals surface area contributed by atoms with Crippen molar-refractivity contribution in [2.75, 3.05) is 5.32 Å². The van der Waals surface area contributed by atoms with E-state index in [9.17, 15) is 9.59 Å². The van der Waals surface area contributed by atoms with Crippen LogP contribution in [0.5, 0.6) is 5.75 Å². The summed E-state index contributed by atoms with van der Waals surface area (Å²) in [4.78, 5) is 23.8. The molecular weight excluding hydrogens is 378 g/mol. The number of carbonyl (C=O) groups excluding carboxylic acids is 2. The highest BCUT2D eigenvalue weighted by molar-refractivity contribution is 6.39. The molecule has 0 spiro atoms. The molecule has 6 nitrogen and oxygen atoms in total. The summed E-state index contributed by atoms with van der Waals surface area (Å²) in [6, 6.07) is 22.6. The van der Waals surface area contributed by atoms with Gasteiger partial charge in [0.1, 0.15) is 12.4 Å². The van der Waals surface area contributed by atoms with Crippen molar-refractivity contribution < 1.29 is 14.3 Å². The van der Waals surface area contributed by atoms with E-state index < -0.39 is 11.8 Å². The molecule has 3 rings (SSSR count). The van der Waals surface area contributed by atoms with Crippen LogP contribution >= 0.6 is 0 Å². The number of benzene rings is 3. The van der Waals surface area contributed by atoms with Gasteiger partial charge in [-0.3, -0.25) is 9.59 Å². The quantitative estimate of drug-likeness (QED) is 0.373. The second-order valence-electron chi connectivity index (χ2n) is 6.87. The Morgan fingerprint density at radius 2 is 1.57 bits per heavy atom. The number of amides is 2. The summed E-state index contributed by atoms with van der Waals surface area (Å²) >= 11 is 0. The second-order valence-corrected chi connectivity index (χ2v) is 6.87. The van der Waals surface area contributed by atoms with E-state index in [2.05, 4.69) is 15.8 Å². The SMILES string of the molecule is Cc1ccc(COc2cccc(/C=N\NC(=O)C(=O)Nc3ccc(C)cc3)c2)cc1. The number of nitrogens with zero attached hydrogens (tertiary/aromatic N) is 1. The standard InChI is InChI=1S/C24H23N3O3/c1-17-6-10-19(11-7-17)16-30-22-5-3-4-20(14-22)15-25-27-24(29)23(28)26-21-12-8-18(2)9-13-21/h3-15H,16H2,1-2H3,(H,26,28)(H,27,29)/b25-15-. The average molecular weight is 401 g/mol. The minimum atomic E-state index is -0.849. The minimum Gasteiger partial charge on any atom is -0.489 e. The predicted octanol–water partition coefficient (Wildman–Crippen LogP) is 3.97. The van der Waals surface area contributed by atoms with Crippen molar-refractivity contribution >= 4 is 23.7 Å². The maximum Gasteiger partial charge on any atom is 0.329 e. The zero-order chi connectivity index (χ0) is 21.3. The van der Waals surface area contributed by atoms with Gasteiger partial charge in [-0.05, 0) is 49.2 Å². The summed E-state index contributed by atoms with van der Waals surface area (Å²) in [6.07, 6.45) is 1.45. The van der Waals surface area contributed by atoms with Gasteiger partial charge in [0.15, 0.2) is 0 Å². The Morgan fingerprint density at radius 1 is 0.900 bits per heavy atom. The number of hydrogen-bond acceptors (Lipinski definition) is 4. The second kappa shape index (κ2) is 10.0. The Balaban J connectivity index is 1.51. The molecule has 30 heavy (non-hydrogen) atoms. The van der Waals surface area contributed by atoms with E-state index in [1.165, 1.54) is 11.8 Å². The van der Waals surface area contributed by atoms with Crippen LogP contribution in [-0.2, 0) is 16.2 Å². The van der Waals surface area contributed by atoms with Gasteiger partial charge in [0.2, 0.25) is 0 Å². The zero-order valence-electron chi connectivity index (χ0n) is 16.9. The third kappa shape index (κ3) is 6.31. The summed E-state index contributed by atoms with van der Waals surface area (Å²) in [6.45, 7) is 4.44. The van der Waals surface area contributed by atoms with Gasteiger partial charge in [-0.25, -0.2) is 5.43 Å². The van der Waals surface area contributed by atoms with Crippen LogP contribution in [-0.4, -0.2) is 18.0 Å². The molecule has 0 radical (unpaired) electrons. The lowest BCUT2D eigenvalue weighted by molar-refractivity contribution is -0.136. The van der Waals surface area contributed by atoms with Gasteiger partial charge in [-0.1, -0.05) is 59.7 Å². The fourth-order valence-electron chi connectivity index (χ4n) is 2.58. The van der Waals surface area contributed by atoms with E-state index in [0.717, 1.165) is 16.7 Å². The van der Waals surface area contributed by atoms with Crippen molar-refractivity contribution in [1.82, 2.24) is 5.43 Å². The first-order chi connectivity index (χ1) is 14.5. The smallest absolute Gasteiger partial charge is 0.329 e. The van der Waals surface area contributed by atoms with Gasteiger partial charge < -0.3 is 10.1 Å². The van der Waals surface area contributed by atoms with Crippen molar-refractivity contribution in [1.29, 1.82) is 0 Å². The summed E-state index contributed by atoms with van der Waals surface area (Å²) < 4.78 is 5.80. The molecule has 152 valence electrons. The number of anilines is 1. The maximum absolute atomic E-state index is 11.9. The molecule has 2 N–H and O–H groups in total. The molecule has 0 atom stereocenters. The molecule has 0 aliphatic heterocycles. The Kier molecular flexibility index (Phi) is 6.95. The predicted molar refractivity (Wildman–Crippen MR) is 117 cm³/mol. The van der Waals surface area contributed by atoms with Gasteiger partial charge in [-0.2, -0.15) is 5.10 Å². The molecule has 0 saturated heterocycles. The molecule has 0 aromatic heterocycles. The van der Waals surface area contributed by atoms with Gasteiger partial charge in [0, 0.05) is 5.69 Å². The number of hydrazone groups is 1. The average Bonchev–Trinajstić information content (AvgIpc) is 2.75. The lowest BCUT2D eigenvalue weighted by Crippen LogP contribution is -2.32. The highest BCUT2D eigenvalue weighted by Gasteiger charge is 2.12. The molecule has 3 aromatic rings. The fraction of sp³-hybridized carbons (Fsp3) is 0.125. The molecule has 6 heteroatoms. The summed E-state index contributed by atoms with van der Waals surface area (Å²) in [5.74, 6) is -0.951. The Labute approximate surface area is 175 Å². The van der Waals surface area contributed by atoms with Crippen LogP contribution in [0.25, 0.3) is 0 Å². The van der Waals surface area contributed by atoms with Gasteiger partial charge in [0.25, 0.3) is 0 Å². The van der Waals surface area contributed by atoms with Crippen LogP contribution in [0.15, 0.2) is 77.9 Å². The third-order valence-electron chi connectivity index (χ3n) is 4.28. The lowest BCUT2D eigenvalue weighted by Gasteiger charge is -2.07. The molecule has 0 bridgehead atoms. The molecule has 0 aliphatic rings. The first-order valence-electron chi connectivity index (χ1n) is 9.49. The Morgan fingerprint density at radius 3 is 2.27 bits per heavy atom. The first kappa shape index (κ1) is 20.8. The topological polar surface area (TPSA) is 79.8 Å². The largest absolute Gasteiger partial charge is 0.489 e. The zero-order valence-corrected chi connectivity index (χ0v) is 16.9. The van der Waals surface area contributed by atoms with E-state index in [0.29, 0.717) is 18.0 Å². The van der Waals surface area contributed by atoms with E-state index in [-0.39, 0.29) is 0 Å². The summed E-state index contributed by atoms with van der Waals surface area (Å²) in [5, 5.41) is 6.36.